The van der Waals surface area contributed by atoms with Gasteiger partial charge in [0.1, 0.15) is 0 Å². The van der Waals surface area contributed by atoms with E-state index in [9.17, 15) is 0 Å². The Labute approximate surface area is 126 Å². The second-order valence-corrected chi connectivity index (χ2v) is 6.35. The summed E-state index contributed by atoms with van der Waals surface area (Å²) < 4.78 is 0. The average molecular weight is 301 g/mol. The van der Waals surface area contributed by atoms with Gasteiger partial charge < -0.3 is 0 Å². The summed E-state index contributed by atoms with van der Waals surface area (Å²) in [5, 5.41) is 5.27. The highest BCUT2D eigenvalue weighted by atomic mass is 32.1. The van der Waals surface area contributed by atoms with E-state index in [1.54, 1.807) is 22.7 Å². The summed E-state index contributed by atoms with van der Waals surface area (Å²) in [5.41, 5.74) is 5.07. The zero-order valence-electron chi connectivity index (χ0n) is 10.8. The molecule has 1 atom stereocenters. The minimum Gasteiger partial charge on any atom is -0.271 e. The molecule has 2 heterocycles. The fourth-order valence-corrected chi connectivity index (χ4v) is 3.69. The van der Waals surface area contributed by atoms with Crippen LogP contribution >= 0.6 is 22.7 Å². The molecule has 0 saturated carbocycles. The highest BCUT2D eigenvalue weighted by Gasteiger charge is 2.14. The smallest absolute Gasteiger partial charge is 0.0952 e. The molecule has 0 radical (unpaired) electrons. The normalized spacial score (nSPS) is 12.4. The fourth-order valence-electron chi connectivity index (χ4n) is 2.05. The van der Waals surface area contributed by atoms with E-state index >= 15 is 0 Å². The molecule has 0 amide bonds. The number of nitrogens with one attached hydrogen (secondary N) is 1. The predicted molar refractivity (Wildman–Crippen MR) is 85.6 cm³/mol. The molecule has 1 unspecified atom stereocenters. The molecule has 3 N–H and O–H groups in total. The number of nitrogens with two attached hydrogens (primary N) is 1. The number of hydrogen-bond acceptors (Lipinski definition) is 5. The summed E-state index contributed by atoms with van der Waals surface area (Å²) in [7, 11) is 0. The van der Waals surface area contributed by atoms with E-state index in [-0.39, 0.29) is 6.04 Å². The van der Waals surface area contributed by atoms with Crippen molar-refractivity contribution in [2.75, 3.05) is 0 Å². The molecular formula is C15H15N3S2. The molecule has 20 heavy (non-hydrogen) atoms. The second kappa shape index (κ2) is 6.28. The molecule has 0 spiro atoms. The number of hydrazine groups is 1. The van der Waals surface area contributed by atoms with E-state index in [2.05, 4.69) is 34.4 Å². The van der Waals surface area contributed by atoms with Crippen LogP contribution in [0.25, 0.3) is 11.3 Å². The molecule has 0 aliphatic heterocycles. The van der Waals surface area contributed by atoms with Crippen LogP contribution < -0.4 is 11.3 Å². The standard InChI is InChI=1S/C15H15N3S2/c16-18-12(14-7-4-8-19-14)9-15-17-13(10-20-15)11-5-2-1-3-6-11/h1-8,10,12,18H,9,16H2. The molecule has 0 aliphatic carbocycles. The average Bonchev–Trinajstić information content (AvgIpc) is 3.17. The molecule has 3 nitrogen and oxygen atoms in total. The van der Waals surface area contributed by atoms with Crippen molar-refractivity contribution in [3.05, 3.63) is 63.1 Å². The third-order valence-corrected chi connectivity index (χ3v) is 4.94. The lowest BCUT2D eigenvalue weighted by molar-refractivity contribution is 0.559. The maximum Gasteiger partial charge on any atom is 0.0952 e. The molecule has 3 rings (SSSR count). The Hall–Kier alpha value is -1.53. The number of nitrogens with zero attached hydrogens (tertiary/aromatic N) is 1. The minimum atomic E-state index is 0.129. The van der Waals surface area contributed by atoms with Gasteiger partial charge in [0.25, 0.3) is 0 Å². The Balaban J connectivity index is 1.77. The Morgan fingerprint density at radius 1 is 1.10 bits per heavy atom. The van der Waals surface area contributed by atoms with Crippen molar-refractivity contribution in [3.63, 3.8) is 0 Å². The number of rotatable bonds is 5. The van der Waals surface area contributed by atoms with Crippen LogP contribution in [-0.2, 0) is 6.42 Å². The van der Waals surface area contributed by atoms with Crippen LogP contribution in [0.5, 0.6) is 0 Å². The number of thiophene rings is 1. The van der Waals surface area contributed by atoms with Gasteiger partial charge >= 0.3 is 0 Å². The first-order valence-electron chi connectivity index (χ1n) is 6.36. The Kier molecular flexibility index (Phi) is 4.22. The Morgan fingerprint density at radius 2 is 1.95 bits per heavy atom. The first-order valence-corrected chi connectivity index (χ1v) is 8.12. The van der Waals surface area contributed by atoms with Gasteiger partial charge in [-0.15, -0.1) is 22.7 Å². The van der Waals surface area contributed by atoms with Crippen molar-refractivity contribution in [3.8, 4) is 11.3 Å². The SMILES string of the molecule is NNC(Cc1nc(-c2ccccc2)cs1)c1cccs1. The van der Waals surface area contributed by atoms with E-state index in [0.717, 1.165) is 22.7 Å². The van der Waals surface area contributed by atoms with Gasteiger partial charge in [0.2, 0.25) is 0 Å². The maximum absolute atomic E-state index is 5.66. The lowest BCUT2D eigenvalue weighted by atomic mass is 10.1. The van der Waals surface area contributed by atoms with Crippen LogP contribution in [0.2, 0.25) is 0 Å². The molecule has 3 aromatic rings. The van der Waals surface area contributed by atoms with Gasteiger partial charge in [-0.25, -0.2) is 4.98 Å². The van der Waals surface area contributed by atoms with Gasteiger partial charge in [0.05, 0.1) is 16.7 Å². The van der Waals surface area contributed by atoms with Crippen LogP contribution in [0.15, 0.2) is 53.2 Å². The highest BCUT2D eigenvalue weighted by Crippen LogP contribution is 2.26. The maximum atomic E-state index is 5.66. The monoisotopic (exact) mass is 301 g/mol. The van der Waals surface area contributed by atoms with Gasteiger partial charge in [-0.05, 0) is 11.4 Å². The molecule has 0 bridgehead atoms. The zero-order valence-corrected chi connectivity index (χ0v) is 12.5. The van der Waals surface area contributed by atoms with Gasteiger partial charge in [0.15, 0.2) is 0 Å². The topological polar surface area (TPSA) is 50.9 Å². The zero-order chi connectivity index (χ0) is 13.8. The molecule has 1 aromatic carbocycles. The lowest BCUT2D eigenvalue weighted by Crippen LogP contribution is -2.28. The van der Waals surface area contributed by atoms with Crippen molar-refractivity contribution in [2.45, 2.75) is 12.5 Å². The van der Waals surface area contributed by atoms with Crippen LogP contribution in [0.1, 0.15) is 15.9 Å². The quantitative estimate of drug-likeness (QED) is 0.559. The summed E-state index contributed by atoms with van der Waals surface area (Å²) in [5.74, 6) is 5.66. The first-order chi connectivity index (χ1) is 9.86. The summed E-state index contributed by atoms with van der Waals surface area (Å²) in [6, 6.07) is 14.5. The minimum absolute atomic E-state index is 0.129. The molecule has 0 fully saturated rings. The number of benzene rings is 1. The van der Waals surface area contributed by atoms with E-state index in [4.69, 9.17) is 10.8 Å². The van der Waals surface area contributed by atoms with Crippen LogP contribution in [0, 0.1) is 0 Å². The molecule has 5 heteroatoms. The molecular weight excluding hydrogens is 286 g/mol. The molecule has 0 aliphatic rings. The van der Waals surface area contributed by atoms with Crippen molar-refractivity contribution in [1.82, 2.24) is 10.4 Å². The first kappa shape index (κ1) is 13.5. The summed E-state index contributed by atoms with van der Waals surface area (Å²) in [4.78, 5) is 5.95. The summed E-state index contributed by atoms with van der Waals surface area (Å²) in [6.07, 6.45) is 0.814. The van der Waals surface area contributed by atoms with Gasteiger partial charge in [-0.2, -0.15) is 0 Å². The van der Waals surface area contributed by atoms with Crippen molar-refractivity contribution in [1.29, 1.82) is 0 Å². The van der Waals surface area contributed by atoms with Gasteiger partial charge in [-0.3, -0.25) is 11.3 Å². The third-order valence-electron chi connectivity index (χ3n) is 3.09. The summed E-state index contributed by atoms with van der Waals surface area (Å²) in [6.45, 7) is 0. The van der Waals surface area contributed by atoms with Crippen LogP contribution in [0.4, 0.5) is 0 Å². The molecule has 0 saturated heterocycles. The predicted octanol–water partition coefficient (Wildman–Crippen LogP) is 3.62. The van der Waals surface area contributed by atoms with E-state index in [0.29, 0.717) is 0 Å². The van der Waals surface area contributed by atoms with Crippen molar-refractivity contribution >= 4 is 22.7 Å². The Morgan fingerprint density at radius 3 is 2.65 bits per heavy atom. The highest BCUT2D eigenvalue weighted by molar-refractivity contribution is 7.10. The fraction of sp³-hybridized carbons (Fsp3) is 0.133. The summed E-state index contributed by atoms with van der Waals surface area (Å²) >= 11 is 3.40. The van der Waals surface area contributed by atoms with Crippen molar-refractivity contribution in [2.24, 2.45) is 5.84 Å². The van der Waals surface area contributed by atoms with Gasteiger partial charge in [-0.1, -0.05) is 36.4 Å². The van der Waals surface area contributed by atoms with E-state index in [1.165, 1.54) is 4.88 Å². The van der Waals surface area contributed by atoms with Gasteiger partial charge in [0, 0.05) is 22.2 Å². The Bertz CT molecular complexity index is 647. The number of aromatic nitrogens is 1. The lowest BCUT2D eigenvalue weighted by Gasteiger charge is -2.11. The largest absolute Gasteiger partial charge is 0.271 e. The van der Waals surface area contributed by atoms with Crippen LogP contribution in [0.3, 0.4) is 0 Å². The number of thiazole rings is 1. The third kappa shape index (κ3) is 2.96. The second-order valence-electron chi connectivity index (χ2n) is 4.43. The van der Waals surface area contributed by atoms with E-state index in [1.807, 2.05) is 24.3 Å². The van der Waals surface area contributed by atoms with Crippen molar-refractivity contribution < 1.29 is 0 Å². The van der Waals surface area contributed by atoms with Crippen LogP contribution in [-0.4, -0.2) is 4.98 Å². The molecule has 102 valence electrons. The number of hydrogen-bond donors (Lipinski definition) is 2. The van der Waals surface area contributed by atoms with E-state index < -0.39 is 0 Å². The molecule has 2 aromatic heterocycles.